The Balaban J connectivity index is 2.51. The molecule has 2 heterocycles. The maximum Gasteiger partial charge on any atom is 0.317 e. The quantitative estimate of drug-likeness (QED) is 0.656. The van der Waals surface area contributed by atoms with Gasteiger partial charge in [0, 0.05) is 18.7 Å². The Kier molecular flexibility index (Phi) is 1.86. The van der Waals surface area contributed by atoms with E-state index in [9.17, 15) is 0 Å². The van der Waals surface area contributed by atoms with Crippen molar-refractivity contribution in [2.75, 3.05) is 7.11 Å². The van der Waals surface area contributed by atoms with Gasteiger partial charge in [0.05, 0.1) is 12.8 Å². The van der Waals surface area contributed by atoms with Crippen LogP contribution in [0.5, 0.6) is 6.01 Å². The second-order valence-electron chi connectivity index (χ2n) is 2.53. The summed E-state index contributed by atoms with van der Waals surface area (Å²) in [6.45, 7) is 1.49. The molecule has 12 heavy (non-hydrogen) atoms. The second kappa shape index (κ2) is 2.88. The number of nitrogens with zero attached hydrogens (tertiary/aromatic N) is 2. The Labute approximate surface area is 74.9 Å². The predicted molar refractivity (Wildman–Crippen MR) is 44.1 cm³/mol. The molecule has 0 bridgehead atoms. The molecular formula is C7H8ClN3O. The Hall–Kier alpha value is -0.870. The first-order valence-electron chi connectivity index (χ1n) is 3.61. The highest BCUT2D eigenvalue weighted by molar-refractivity contribution is 6.30. The third-order valence-electron chi connectivity index (χ3n) is 1.80. The van der Waals surface area contributed by atoms with Crippen molar-refractivity contribution in [3.8, 4) is 6.01 Å². The first-order chi connectivity index (χ1) is 5.81. The minimum Gasteiger partial charge on any atom is -0.467 e. The van der Waals surface area contributed by atoms with E-state index in [1.807, 2.05) is 0 Å². The summed E-state index contributed by atoms with van der Waals surface area (Å²) in [5, 5.41) is 3.63. The highest BCUT2D eigenvalue weighted by Gasteiger charge is 2.17. The number of hydrogen-bond acceptors (Lipinski definition) is 4. The molecule has 0 saturated carbocycles. The van der Waals surface area contributed by atoms with Crippen LogP contribution < -0.4 is 10.1 Å². The lowest BCUT2D eigenvalue weighted by atomic mass is 10.3. The van der Waals surface area contributed by atoms with Gasteiger partial charge in [0.15, 0.2) is 0 Å². The first-order valence-corrected chi connectivity index (χ1v) is 3.99. The van der Waals surface area contributed by atoms with Crippen LogP contribution in [0.3, 0.4) is 0 Å². The molecule has 0 aromatic carbocycles. The van der Waals surface area contributed by atoms with E-state index in [4.69, 9.17) is 16.3 Å². The van der Waals surface area contributed by atoms with Gasteiger partial charge in [-0.25, -0.2) is 0 Å². The minimum atomic E-state index is 0.336. The van der Waals surface area contributed by atoms with E-state index in [0.717, 1.165) is 24.3 Å². The molecule has 5 heteroatoms. The number of aromatic nitrogens is 2. The Morgan fingerprint density at radius 1 is 1.42 bits per heavy atom. The molecule has 0 atom stereocenters. The van der Waals surface area contributed by atoms with Crippen LogP contribution in [0.2, 0.25) is 5.15 Å². The molecule has 1 aliphatic heterocycles. The fraction of sp³-hybridized carbons (Fsp3) is 0.429. The van der Waals surface area contributed by atoms with Crippen molar-refractivity contribution in [2.45, 2.75) is 13.1 Å². The van der Waals surface area contributed by atoms with Crippen molar-refractivity contribution >= 4 is 11.6 Å². The lowest BCUT2D eigenvalue weighted by Gasteiger charge is -2.02. The molecule has 1 aromatic heterocycles. The highest BCUT2D eigenvalue weighted by atomic mass is 35.5. The highest BCUT2D eigenvalue weighted by Crippen LogP contribution is 2.22. The number of nitrogens with one attached hydrogen (secondary N) is 1. The van der Waals surface area contributed by atoms with Gasteiger partial charge in [-0.1, -0.05) is 11.6 Å². The molecule has 0 unspecified atom stereocenters. The molecule has 2 rings (SSSR count). The average Bonchev–Trinajstić information content (AvgIpc) is 2.52. The van der Waals surface area contributed by atoms with Gasteiger partial charge < -0.3 is 10.1 Å². The molecule has 0 aliphatic carbocycles. The van der Waals surface area contributed by atoms with Crippen molar-refractivity contribution < 1.29 is 4.74 Å². The summed E-state index contributed by atoms with van der Waals surface area (Å²) in [6.07, 6.45) is 0. The topological polar surface area (TPSA) is 47.0 Å². The lowest BCUT2D eigenvalue weighted by Crippen LogP contribution is -2.00. The fourth-order valence-electron chi connectivity index (χ4n) is 1.20. The number of rotatable bonds is 1. The Morgan fingerprint density at radius 2 is 2.25 bits per heavy atom. The third kappa shape index (κ3) is 1.13. The smallest absolute Gasteiger partial charge is 0.317 e. The van der Waals surface area contributed by atoms with Crippen molar-refractivity contribution in [3.63, 3.8) is 0 Å². The maximum atomic E-state index is 5.88. The molecule has 0 radical (unpaired) electrons. The normalized spacial score (nSPS) is 14.5. The largest absolute Gasteiger partial charge is 0.467 e. The van der Waals surface area contributed by atoms with E-state index in [0.29, 0.717) is 11.2 Å². The summed E-state index contributed by atoms with van der Waals surface area (Å²) in [6, 6.07) is 0.336. The van der Waals surface area contributed by atoms with Gasteiger partial charge in [-0.15, -0.1) is 0 Å². The monoisotopic (exact) mass is 185 g/mol. The zero-order chi connectivity index (χ0) is 8.55. The van der Waals surface area contributed by atoms with Gasteiger partial charge in [0.25, 0.3) is 0 Å². The van der Waals surface area contributed by atoms with Gasteiger partial charge in [-0.05, 0) is 0 Å². The van der Waals surface area contributed by atoms with Crippen molar-refractivity contribution in [2.24, 2.45) is 0 Å². The Morgan fingerprint density at radius 3 is 3.00 bits per heavy atom. The molecular weight excluding hydrogens is 178 g/mol. The zero-order valence-electron chi connectivity index (χ0n) is 6.59. The summed E-state index contributed by atoms with van der Waals surface area (Å²) in [7, 11) is 1.53. The van der Waals surface area contributed by atoms with E-state index in [1.165, 1.54) is 7.11 Å². The zero-order valence-corrected chi connectivity index (χ0v) is 7.35. The van der Waals surface area contributed by atoms with Gasteiger partial charge in [0.1, 0.15) is 5.15 Å². The van der Waals surface area contributed by atoms with Crippen LogP contribution in [-0.4, -0.2) is 17.1 Å². The predicted octanol–water partition coefficient (Wildman–Crippen LogP) is 0.742. The number of halogens is 1. The third-order valence-corrected chi connectivity index (χ3v) is 2.11. The summed E-state index contributed by atoms with van der Waals surface area (Å²) < 4.78 is 4.89. The van der Waals surface area contributed by atoms with Gasteiger partial charge >= 0.3 is 6.01 Å². The number of ether oxygens (including phenoxy) is 1. The van der Waals surface area contributed by atoms with Gasteiger partial charge in [-0.3, -0.25) is 0 Å². The van der Waals surface area contributed by atoms with Gasteiger partial charge in [0.2, 0.25) is 0 Å². The number of hydrogen-bond donors (Lipinski definition) is 1. The number of methoxy groups -OCH3 is 1. The van der Waals surface area contributed by atoms with E-state index < -0.39 is 0 Å². The standard InChI is InChI=1S/C7H8ClN3O/c1-12-7-10-5-3-9-2-4(5)6(8)11-7/h9H,2-3H2,1H3. The van der Waals surface area contributed by atoms with E-state index >= 15 is 0 Å². The van der Waals surface area contributed by atoms with Crippen molar-refractivity contribution in [3.05, 3.63) is 16.4 Å². The van der Waals surface area contributed by atoms with Crippen molar-refractivity contribution in [1.29, 1.82) is 0 Å². The molecule has 0 amide bonds. The van der Waals surface area contributed by atoms with Crippen LogP contribution in [0.25, 0.3) is 0 Å². The summed E-state index contributed by atoms with van der Waals surface area (Å²) in [4.78, 5) is 8.11. The molecule has 0 fully saturated rings. The molecule has 64 valence electrons. The minimum absolute atomic E-state index is 0.336. The molecule has 0 spiro atoms. The lowest BCUT2D eigenvalue weighted by molar-refractivity contribution is 0.378. The maximum absolute atomic E-state index is 5.88. The molecule has 1 aliphatic rings. The summed E-state index contributed by atoms with van der Waals surface area (Å²) in [5.41, 5.74) is 1.92. The van der Waals surface area contributed by atoms with Crippen LogP contribution >= 0.6 is 11.6 Å². The Bertz CT molecular complexity index is 316. The van der Waals surface area contributed by atoms with Crippen LogP contribution in [0, 0.1) is 0 Å². The van der Waals surface area contributed by atoms with Crippen LogP contribution in [0.15, 0.2) is 0 Å². The van der Waals surface area contributed by atoms with E-state index in [2.05, 4.69) is 15.3 Å². The van der Waals surface area contributed by atoms with E-state index in [-0.39, 0.29) is 0 Å². The van der Waals surface area contributed by atoms with Gasteiger partial charge in [-0.2, -0.15) is 9.97 Å². The van der Waals surface area contributed by atoms with Crippen LogP contribution in [0.4, 0.5) is 0 Å². The number of fused-ring (bicyclic) bond motifs is 1. The van der Waals surface area contributed by atoms with Crippen molar-refractivity contribution in [1.82, 2.24) is 15.3 Å². The first kappa shape index (κ1) is 7.76. The summed E-state index contributed by atoms with van der Waals surface area (Å²) in [5.74, 6) is 0. The fourth-order valence-corrected chi connectivity index (χ4v) is 1.45. The average molecular weight is 186 g/mol. The van der Waals surface area contributed by atoms with E-state index in [1.54, 1.807) is 0 Å². The second-order valence-corrected chi connectivity index (χ2v) is 2.89. The van der Waals surface area contributed by atoms with Crippen LogP contribution in [-0.2, 0) is 13.1 Å². The molecule has 1 N–H and O–H groups in total. The summed E-state index contributed by atoms with van der Waals surface area (Å²) >= 11 is 5.88. The SMILES string of the molecule is COc1nc(Cl)c2c(n1)CNC2. The molecule has 1 aromatic rings. The van der Waals surface area contributed by atoms with Crippen LogP contribution in [0.1, 0.15) is 11.3 Å². The molecule has 0 saturated heterocycles. The molecule has 4 nitrogen and oxygen atoms in total.